The molecule has 3 heteroatoms. The van der Waals surface area contributed by atoms with Crippen LogP contribution in [0.25, 0.3) is 11.3 Å². The Morgan fingerprint density at radius 3 is 2.53 bits per heavy atom. The second-order valence-electron chi connectivity index (χ2n) is 4.40. The number of unbranched alkanes of at least 4 members (excludes halogenated alkanes) is 2. The van der Waals surface area contributed by atoms with Crippen LogP contribution >= 0.6 is 0 Å². The Bertz CT molecular complexity index is 511. The van der Waals surface area contributed by atoms with Crippen LogP contribution < -0.4 is 4.74 Å². The summed E-state index contributed by atoms with van der Waals surface area (Å²) in [6, 6.07) is 11.2. The van der Waals surface area contributed by atoms with Crippen molar-refractivity contribution in [3.63, 3.8) is 0 Å². The summed E-state index contributed by atoms with van der Waals surface area (Å²) >= 11 is 0. The topological polar surface area (TPSA) is 39.4 Å². The van der Waals surface area contributed by atoms with Crippen LogP contribution in [0.2, 0.25) is 0 Å². The second-order valence-corrected chi connectivity index (χ2v) is 4.40. The highest BCUT2D eigenvalue weighted by molar-refractivity contribution is 5.72. The van der Waals surface area contributed by atoms with E-state index in [1.54, 1.807) is 12.1 Å². The molecule has 0 saturated heterocycles. The highest BCUT2D eigenvalue weighted by atomic mass is 16.5. The second kappa shape index (κ2) is 6.78. The Labute approximate surface area is 113 Å². The monoisotopic (exact) mass is 258 g/mol. The van der Waals surface area contributed by atoms with Crippen LogP contribution in [0.3, 0.4) is 0 Å². The lowest BCUT2D eigenvalue weighted by Crippen LogP contribution is -1.96. The Balaban J connectivity index is 1.96. The van der Waals surface area contributed by atoms with Crippen molar-refractivity contribution in [2.45, 2.75) is 26.2 Å². The molecule has 0 amide bonds. The van der Waals surface area contributed by atoms with Crippen molar-refractivity contribution in [3.8, 4) is 17.1 Å². The first-order valence-corrected chi connectivity index (χ1v) is 6.61. The maximum Gasteiger partial charge on any atom is 0.185 e. The standard InChI is InChI=1S/C16H18O3/c1-2-3-4-11-18-14-7-5-13(6-8-14)16-10-9-15(12-17)19-16/h5-10,12H,2-4,11H2,1H3. The van der Waals surface area contributed by atoms with E-state index in [2.05, 4.69) is 6.92 Å². The van der Waals surface area contributed by atoms with Crippen molar-refractivity contribution >= 4 is 6.29 Å². The van der Waals surface area contributed by atoms with E-state index in [-0.39, 0.29) is 0 Å². The smallest absolute Gasteiger partial charge is 0.185 e. The summed E-state index contributed by atoms with van der Waals surface area (Å²) in [5.74, 6) is 1.90. The van der Waals surface area contributed by atoms with Crippen molar-refractivity contribution in [3.05, 3.63) is 42.2 Å². The summed E-state index contributed by atoms with van der Waals surface area (Å²) < 4.78 is 11.0. The van der Waals surface area contributed by atoms with Crippen molar-refractivity contribution in [1.29, 1.82) is 0 Å². The summed E-state index contributed by atoms with van der Waals surface area (Å²) in [5, 5.41) is 0. The van der Waals surface area contributed by atoms with Gasteiger partial charge in [-0.15, -0.1) is 0 Å². The molecule has 19 heavy (non-hydrogen) atoms. The third-order valence-corrected chi connectivity index (χ3v) is 2.90. The van der Waals surface area contributed by atoms with E-state index in [0.717, 1.165) is 24.3 Å². The maximum absolute atomic E-state index is 10.6. The summed E-state index contributed by atoms with van der Waals surface area (Å²) in [4.78, 5) is 10.6. The molecule has 0 N–H and O–H groups in total. The molecule has 0 unspecified atom stereocenters. The number of furan rings is 1. The molecule has 3 nitrogen and oxygen atoms in total. The zero-order chi connectivity index (χ0) is 13.5. The van der Waals surface area contributed by atoms with Crippen LogP contribution in [0.5, 0.6) is 5.75 Å². The molecule has 0 aliphatic rings. The number of benzene rings is 1. The highest BCUT2D eigenvalue weighted by Crippen LogP contribution is 2.24. The third-order valence-electron chi connectivity index (χ3n) is 2.90. The first-order chi connectivity index (χ1) is 9.33. The average Bonchev–Trinajstić information content (AvgIpc) is 2.93. The van der Waals surface area contributed by atoms with Gasteiger partial charge < -0.3 is 9.15 Å². The van der Waals surface area contributed by atoms with Crippen LogP contribution in [0.15, 0.2) is 40.8 Å². The van der Waals surface area contributed by atoms with Gasteiger partial charge in [-0.25, -0.2) is 0 Å². The quantitative estimate of drug-likeness (QED) is 0.548. The SMILES string of the molecule is CCCCCOc1ccc(-c2ccc(C=O)o2)cc1. The van der Waals surface area contributed by atoms with E-state index in [4.69, 9.17) is 9.15 Å². The number of hydrogen-bond acceptors (Lipinski definition) is 3. The molecule has 0 aliphatic heterocycles. The molecule has 0 atom stereocenters. The molecule has 0 radical (unpaired) electrons. The number of rotatable bonds is 7. The number of ether oxygens (including phenoxy) is 1. The van der Waals surface area contributed by atoms with E-state index >= 15 is 0 Å². The molecule has 2 aromatic rings. The predicted molar refractivity (Wildman–Crippen MR) is 74.6 cm³/mol. The average molecular weight is 258 g/mol. The normalized spacial score (nSPS) is 10.4. The Morgan fingerprint density at radius 1 is 1.11 bits per heavy atom. The van der Waals surface area contributed by atoms with Crippen LogP contribution in [-0.2, 0) is 0 Å². The van der Waals surface area contributed by atoms with Crippen LogP contribution in [-0.4, -0.2) is 12.9 Å². The van der Waals surface area contributed by atoms with Crippen molar-refractivity contribution in [2.24, 2.45) is 0 Å². The van der Waals surface area contributed by atoms with Gasteiger partial charge in [0.25, 0.3) is 0 Å². The number of carbonyl (C=O) groups is 1. The maximum atomic E-state index is 10.6. The van der Waals surface area contributed by atoms with Crippen LogP contribution in [0, 0.1) is 0 Å². The minimum Gasteiger partial charge on any atom is -0.494 e. The number of carbonyl (C=O) groups excluding carboxylic acids is 1. The van der Waals surface area contributed by atoms with Gasteiger partial charge in [-0.2, -0.15) is 0 Å². The van der Waals surface area contributed by atoms with Gasteiger partial charge >= 0.3 is 0 Å². The van der Waals surface area contributed by atoms with Gasteiger partial charge in [0.15, 0.2) is 12.0 Å². The van der Waals surface area contributed by atoms with Gasteiger partial charge in [0.05, 0.1) is 6.61 Å². The zero-order valence-electron chi connectivity index (χ0n) is 11.1. The van der Waals surface area contributed by atoms with E-state index in [1.807, 2.05) is 24.3 Å². The van der Waals surface area contributed by atoms with E-state index in [1.165, 1.54) is 12.8 Å². The predicted octanol–water partition coefficient (Wildman–Crippen LogP) is 4.33. The minimum absolute atomic E-state index is 0.342. The van der Waals surface area contributed by atoms with E-state index < -0.39 is 0 Å². The lowest BCUT2D eigenvalue weighted by molar-refractivity contribution is 0.110. The van der Waals surface area contributed by atoms with E-state index in [9.17, 15) is 4.79 Å². The Kier molecular flexibility index (Phi) is 4.78. The largest absolute Gasteiger partial charge is 0.494 e. The first-order valence-electron chi connectivity index (χ1n) is 6.61. The van der Waals surface area contributed by atoms with Gasteiger partial charge in [0.2, 0.25) is 0 Å². The minimum atomic E-state index is 0.342. The summed E-state index contributed by atoms with van der Waals surface area (Å²) in [7, 11) is 0. The molecule has 0 saturated carbocycles. The summed E-state index contributed by atoms with van der Waals surface area (Å²) in [5.41, 5.74) is 0.939. The Morgan fingerprint density at radius 2 is 1.89 bits per heavy atom. The molecule has 0 spiro atoms. The molecular formula is C16H18O3. The van der Waals surface area contributed by atoms with Gasteiger partial charge in [-0.1, -0.05) is 19.8 Å². The molecular weight excluding hydrogens is 240 g/mol. The summed E-state index contributed by atoms with van der Waals surface area (Å²) in [6.07, 6.45) is 4.17. The molecule has 1 aromatic carbocycles. The van der Waals surface area contributed by atoms with E-state index in [0.29, 0.717) is 17.8 Å². The molecule has 2 rings (SSSR count). The van der Waals surface area contributed by atoms with Gasteiger partial charge in [0, 0.05) is 5.56 Å². The van der Waals surface area contributed by atoms with Crippen LogP contribution in [0.1, 0.15) is 36.7 Å². The van der Waals surface area contributed by atoms with Gasteiger partial charge in [0.1, 0.15) is 11.5 Å². The fraction of sp³-hybridized carbons (Fsp3) is 0.312. The van der Waals surface area contributed by atoms with Crippen molar-refractivity contribution in [1.82, 2.24) is 0 Å². The Hall–Kier alpha value is -2.03. The molecule has 0 fully saturated rings. The van der Waals surface area contributed by atoms with Gasteiger partial charge in [-0.3, -0.25) is 4.79 Å². The fourth-order valence-corrected chi connectivity index (χ4v) is 1.83. The summed E-state index contributed by atoms with van der Waals surface area (Å²) in [6.45, 7) is 2.93. The number of aldehydes is 1. The fourth-order valence-electron chi connectivity index (χ4n) is 1.83. The third kappa shape index (κ3) is 3.71. The van der Waals surface area contributed by atoms with Gasteiger partial charge in [-0.05, 0) is 42.8 Å². The lowest BCUT2D eigenvalue weighted by Gasteiger charge is -2.06. The first kappa shape index (κ1) is 13.4. The molecule has 0 bridgehead atoms. The number of hydrogen-bond donors (Lipinski definition) is 0. The zero-order valence-corrected chi connectivity index (χ0v) is 11.1. The van der Waals surface area contributed by atoms with Crippen molar-refractivity contribution < 1.29 is 13.9 Å². The highest BCUT2D eigenvalue weighted by Gasteiger charge is 2.04. The lowest BCUT2D eigenvalue weighted by atomic mass is 10.2. The van der Waals surface area contributed by atoms with Crippen LogP contribution in [0.4, 0.5) is 0 Å². The molecule has 100 valence electrons. The molecule has 1 heterocycles. The molecule has 0 aliphatic carbocycles. The van der Waals surface area contributed by atoms with Crippen molar-refractivity contribution in [2.75, 3.05) is 6.61 Å². The molecule has 1 aromatic heterocycles.